The SMILES string of the molecule is CCNCc1ccc(S(=O)(=O)NC2CCC(C)(C)C2)cc1. The fourth-order valence-electron chi connectivity index (χ4n) is 2.88. The summed E-state index contributed by atoms with van der Waals surface area (Å²) < 4.78 is 27.6. The topological polar surface area (TPSA) is 58.2 Å². The maximum absolute atomic E-state index is 12.4. The average molecular weight is 310 g/mol. The van der Waals surface area contributed by atoms with Crippen molar-refractivity contribution in [3.8, 4) is 0 Å². The van der Waals surface area contributed by atoms with Gasteiger partial charge in [0.05, 0.1) is 4.90 Å². The molecule has 1 aromatic rings. The third kappa shape index (κ3) is 4.53. The summed E-state index contributed by atoms with van der Waals surface area (Å²) in [5.41, 5.74) is 1.33. The number of sulfonamides is 1. The highest BCUT2D eigenvalue weighted by Gasteiger charge is 2.33. The quantitative estimate of drug-likeness (QED) is 0.849. The highest BCUT2D eigenvalue weighted by molar-refractivity contribution is 7.89. The summed E-state index contributed by atoms with van der Waals surface area (Å²) in [6, 6.07) is 7.18. The molecule has 1 aliphatic carbocycles. The molecule has 2 N–H and O–H groups in total. The van der Waals surface area contributed by atoms with Crippen molar-refractivity contribution in [2.45, 2.75) is 57.5 Å². The van der Waals surface area contributed by atoms with Crippen LogP contribution in [-0.2, 0) is 16.6 Å². The predicted octanol–water partition coefficient (Wildman–Crippen LogP) is 2.65. The number of benzene rings is 1. The Bertz CT molecular complexity index is 564. The number of nitrogens with one attached hydrogen (secondary N) is 2. The third-order valence-corrected chi connectivity index (χ3v) is 5.64. The summed E-state index contributed by atoms with van der Waals surface area (Å²) in [6.45, 7) is 8.10. The molecular formula is C16H26N2O2S. The van der Waals surface area contributed by atoms with E-state index >= 15 is 0 Å². The van der Waals surface area contributed by atoms with E-state index in [9.17, 15) is 8.42 Å². The normalized spacial score (nSPS) is 21.6. The highest BCUT2D eigenvalue weighted by Crippen LogP contribution is 2.37. The van der Waals surface area contributed by atoms with Gasteiger partial charge in [-0.15, -0.1) is 0 Å². The van der Waals surface area contributed by atoms with Crippen LogP contribution in [0.2, 0.25) is 0 Å². The Labute approximate surface area is 128 Å². The molecule has 1 fully saturated rings. The molecular weight excluding hydrogens is 284 g/mol. The summed E-state index contributed by atoms with van der Waals surface area (Å²) >= 11 is 0. The van der Waals surface area contributed by atoms with Crippen LogP contribution in [-0.4, -0.2) is 21.0 Å². The Kier molecular flexibility index (Phi) is 5.07. The van der Waals surface area contributed by atoms with Crippen molar-refractivity contribution < 1.29 is 8.42 Å². The lowest BCUT2D eigenvalue weighted by Crippen LogP contribution is -2.33. The number of hydrogen-bond donors (Lipinski definition) is 2. The summed E-state index contributed by atoms with van der Waals surface area (Å²) in [5.74, 6) is 0. The zero-order valence-corrected chi connectivity index (χ0v) is 14.0. The van der Waals surface area contributed by atoms with E-state index in [-0.39, 0.29) is 11.5 Å². The first-order valence-electron chi connectivity index (χ1n) is 7.64. The van der Waals surface area contributed by atoms with Crippen LogP contribution in [0.25, 0.3) is 0 Å². The van der Waals surface area contributed by atoms with Crippen LogP contribution in [0, 0.1) is 5.41 Å². The smallest absolute Gasteiger partial charge is 0.240 e. The summed E-state index contributed by atoms with van der Waals surface area (Å²) in [5, 5.41) is 3.23. The molecule has 5 heteroatoms. The van der Waals surface area contributed by atoms with Gasteiger partial charge in [0.1, 0.15) is 0 Å². The van der Waals surface area contributed by atoms with Gasteiger partial charge in [0.15, 0.2) is 0 Å². The van der Waals surface area contributed by atoms with E-state index < -0.39 is 10.0 Å². The van der Waals surface area contributed by atoms with E-state index in [2.05, 4.69) is 23.9 Å². The van der Waals surface area contributed by atoms with Crippen molar-refractivity contribution in [2.75, 3.05) is 6.54 Å². The Hall–Kier alpha value is -0.910. The van der Waals surface area contributed by atoms with Gasteiger partial charge in [-0.25, -0.2) is 13.1 Å². The van der Waals surface area contributed by atoms with Gasteiger partial charge < -0.3 is 5.32 Å². The molecule has 0 aliphatic heterocycles. The second-order valence-corrected chi connectivity index (χ2v) is 8.36. The lowest BCUT2D eigenvalue weighted by Gasteiger charge is -2.18. The molecule has 0 aromatic heterocycles. The van der Waals surface area contributed by atoms with Crippen molar-refractivity contribution in [1.29, 1.82) is 0 Å². The molecule has 118 valence electrons. The van der Waals surface area contributed by atoms with Crippen molar-refractivity contribution >= 4 is 10.0 Å². The van der Waals surface area contributed by atoms with Gasteiger partial charge in [0, 0.05) is 12.6 Å². The third-order valence-electron chi connectivity index (χ3n) is 4.10. The molecule has 0 radical (unpaired) electrons. The van der Waals surface area contributed by atoms with Crippen LogP contribution >= 0.6 is 0 Å². The molecule has 0 heterocycles. The lowest BCUT2D eigenvalue weighted by molar-refractivity contribution is 0.372. The van der Waals surface area contributed by atoms with E-state index in [4.69, 9.17) is 0 Å². The Balaban J connectivity index is 2.02. The van der Waals surface area contributed by atoms with E-state index in [1.165, 1.54) is 0 Å². The van der Waals surface area contributed by atoms with Gasteiger partial charge in [-0.2, -0.15) is 0 Å². The van der Waals surface area contributed by atoms with Crippen molar-refractivity contribution in [1.82, 2.24) is 10.0 Å². The predicted molar refractivity (Wildman–Crippen MR) is 85.6 cm³/mol. The minimum absolute atomic E-state index is 0.0615. The van der Waals surface area contributed by atoms with E-state index in [0.717, 1.165) is 37.9 Å². The second kappa shape index (κ2) is 6.46. The van der Waals surface area contributed by atoms with Gasteiger partial charge in [0.25, 0.3) is 0 Å². The van der Waals surface area contributed by atoms with Crippen LogP contribution in [0.15, 0.2) is 29.2 Å². The molecule has 0 spiro atoms. The molecule has 0 saturated heterocycles. The van der Waals surface area contributed by atoms with Crippen LogP contribution in [0.1, 0.15) is 45.6 Å². The Morgan fingerprint density at radius 3 is 2.43 bits per heavy atom. The molecule has 0 amide bonds. The molecule has 1 aromatic carbocycles. The van der Waals surface area contributed by atoms with E-state index in [1.54, 1.807) is 12.1 Å². The standard InChI is InChI=1S/C16H26N2O2S/c1-4-17-12-13-5-7-15(8-6-13)21(19,20)18-14-9-10-16(2,3)11-14/h5-8,14,17-18H,4,9-12H2,1-3H3. The number of rotatable bonds is 6. The van der Waals surface area contributed by atoms with Crippen LogP contribution in [0.5, 0.6) is 0 Å². The Morgan fingerprint density at radius 1 is 1.24 bits per heavy atom. The fourth-order valence-corrected chi connectivity index (χ4v) is 4.15. The molecule has 1 atom stereocenters. The molecule has 1 saturated carbocycles. The highest BCUT2D eigenvalue weighted by atomic mass is 32.2. The maximum atomic E-state index is 12.4. The first-order valence-corrected chi connectivity index (χ1v) is 9.13. The van der Waals surface area contributed by atoms with Crippen LogP contribution < -0.4 is 10.0 Å². The van der Waals surface area contributed by atoms with Gasteiger partial charge >= 0.3 is 0 Å². The minimum atomic E-state index is -3.40. The van der Waals surface area contributed by atoms with Crippen molar-refractivity contribution in [3.05, 3.63) is 29.8 Å². The van der Waals surface area contributed by atoms with Crippen molar-refractivity contribution in [3.63, 3.8) is 0 Å². The molecule has 4 nitrogen and oxygen atoms in total. The zero-order valence-electron chi connectivity index (χ0n) is 13.1. The first-order chi connectivity index (χ1) is 9.82. The summed E-state index contributed by atoms with van der Waals surface area (Å²) in [4.78, 5) is 0.354. The fraction of sp³-hybridized carbons (Fsp3) is 0.625. The maximum Gasteiger partial charge on any atom is 0.240 e. The average Bonchev–Trinajstić information content (AvgIpc) is 2.75. The van der Waals surface area contributed by atoms with Gasteiger partial charge in [-0.1, -0.05) is 32.9 Å². The summed E-state index contributed by atoms with van der Waals surface area (Å²) in [6.07, 6.45) is 2.90. The zero-order chi connectivity index (χ0) is 15.5. The van der Waals surface area contributed by atoms with E-state index in [1.807, 2.05) is 19.1 Å². The molecule has 1 aliphatic rings. The van der Waals surface area contributed by atoms with Gasteiger partial charge in [-0.05, 0) is 48.9 Å². The first kappa shape index (κ1) is 16.5. The number of hydrogen-bond acceptors (Lipinski definition) is 3. The van der Waals surface area contributed by atoms with Gasteiger partial charge in [0.2, 0.25) is 10.0 Å². The van der Waals surface area contributed by atoms with Crippen molar-refractivity contribution in [2.24, 2.45) is 5.41 Å². The summed E-state index contributed by atoms with van der Waals surface area (Å²) in [7, 11) is -3.40. The van der Waals surface area contributed by atoms with E-state index in [0.29, 0.717) is 4.90 Å². The molecule has 2 rings (SSSR count). The van der Waals surface area contributed by atoms with Crippen LogP contribution in [0.3, 0.4) is 0 Å². The minimum Gasteiger partial charge on any atom is -0.313 e. The molecule has 0 bridgehead atoms. The Morgan fingerprint density at radius 2 is 1.90 bits per heavy atom. The largest absolute Gasteiger partial charge is 0.313 e. The lowest BCUT2D eigenvalue weighted by atomic mass is 9.92. The molecule has 21 heavy (non-hydrogen) atoms. The van der Waals surface area contributed by atoms with Crippen LogP contribution in [0.4, 0.5) is 0 Å². The molecule has 1 unspecified atom stereocenters. The monoisotopic (exact) mass is 310 g/mol. The van der Waals surface area contributed by atoms with Gasteiger partial charge in [-0.3, -0.25) is 0 Å². The second-order valence-electron chi connectivity index (χ2n) is 6.65.